The van der Waals surface area contributed by atoms with E-state index in [1.54, 1.807) is 24.3 Å². The largest absolute Gasteiger partial charge is 0.496 e. The van der Waals surface area contributed by atoms with E-state index in [2.05, 4.69) is 16.2 Å². The summed E-state index contributed by atoms with van der Waals surface area (Å²) in [5.74, 6) is -0.181. The summed E-state index contributed by atoms with van der Waals surface area (Å²) in [4.78, 5) is 33.7. The highest BCUT2D eigenvalue weighted by Gasteiger charge is 2.08. The second-order valence-corrected chi connectivity index (χ2v) is 6.01. The van der Waals surface area contributed by atoms with Crippen molar-refractivity contribution >= 4 is 40.9 Å². The molecule has 0 aliphatic carbocycles. The maximum atomic E-state index is 11.9. The van der Waals surface area contributed by atoms with Crippen molar-refractivity contribution in [3.05, 3.63) is 70.3 Å². The van der Waals surface area contributed by atoms with Crippen LogP contribution in [0.3, 0.4) is 0 Å². The van der Waals surface area contributed by atoms with Crippen molar-refractivity contribution in [1.82, 2.24) is 16.2 Å². The van der Waals surface area contributed by atoms with E-state index >= 15 is 0 Å². The Labute approximate surface area is 177 Å². The molecular weight excluding hydrogens is 412 g/mol. The molecule has 2 aromatic carbocycles. The van der Waals surface area contributed by atoms with Crippen LogP contribution in [0.25, 0.3) is 6.08 Å². The number of rotatable bonds is 7. The quantitative estimate of drug-likeness (QED) is 0.262. The molecule has 0 bridgehead atoms. The fourth-order valence-electron chi connectivity index (χ4n) is 2.13. The SMILES string of the molecule is COc1ccccc1/C=C/C(=O)NC(=S)NNC(=O)COc1ccc([N+](=O)[O-])cc1. The lowest BCUT2D eigenvalue weighted by Crippen LogP contribution is -2.49. The normalized spacial score (nSPS) is 10.2. The lowest BCUT2D eigenvalue weighted by Gasteiger charge is -2.10. The van der Waals surface area contributed by atoms with E-state index in [0.29, 0.717) is 11.3 Å². The number of carbonyl (C=O) groups excluding carboxylic acids is 2. The number of hydrogen-bond acceptors (Lipinski definition) is 7. The monoisotopic (exact) mass is 430 g/mol. The van der Waals surface area contributed by atoms with Gasteiger partial charge in [-0.25, -0.2) is 0 Å². The summed E-state index contributed by atoms with van der Waals surface area (Å²) >= 11 is 4.92. The van der Waals surface area contributed by atoms with Crippen molar-refractivity contribution in [3.8, 4) is 11.5 Å². The van der Waals surface area contributed by atoms with Crippen LogP contribution in [0.5, 0.6) is 11.5 Å². The van der Waals surface area contributed by atoms with Crippen molar-refractivity contribution in [3.63, 3.8) is 0 Å². The van der Waals surface area contributed by atoms with Crippen LogP contribution in [-0.2, 0) is 9.59 Å². The first-order valence-electron chi connectivity index (χ1n) is 8.47. The number of nitrogens with one attached hydrogen (secondary N) is 3. The average molecular weight is 430 g/mol. The Balaban J connectivity index is 1.72. The van der Waals surface area contributed by atoms with E-state index in [0.717, 1.165) is 0 Å². The van der Waals surface area contributed by atoms with Gasteiger partial charge in [-0.3, -0.25) is 35.9 Å². The number of methoxy groups -OCH3 is 1. The number of nitro groups is 1. The topological polar surface area (TPSA) is 132 Å². The molecule has 0 fully saturated rings. The Morgan fingerprint density at radius 1 is 1.13 bits per heavy atom. The summed E-state index contributed by atoms with van der Waals surface area (Å²) in [6.45, 7) is -0.366. The van der Waals surface area contributed by atoms with Gasteiger partial charge in [-0.2, -0.15) is 0 Å². The molecule has 2 rings (SSSR count). The molecule has 10 nitrogen and oxygen atoms in total. The molecule has 30 heavy (non-hydrogen) atoms. The fourth-order valence-corrected chi connectivity index (χ4v) is 2.28. The van der Waals surface area contributed by atoms with E-state index in [-0.39, 0.29) is 23.2 Å². The van der Waals surface area contributed by atoms with E-state index in [1.165, 1.54) is 37.5 Å². The second-order valence-electron chi connectivity index (χ2n) is 5.61. The van der Waals surface area contributed by atoms with E-state index < -0.39 is 16.7 Å². The standard InChI is InChI=1S/C19H18N4O6S/c1-28-16-5-3-2-4-13(16)6-11-17(24)20-19(30)22-21-18(25)12-29-15-9-7-14(8-10-15)23(26)27/h2-11H,12H2,1H3,(H,21,25)(H2,20,22,24,30)/b11-6+. The second kappa shape index (κ2) is 11.1. The summed E-state index contributed by atoms with van der Waals surface area (Å²) in [5.41, 5.74) is 5.25. The first-order chi connectivity index (χ1) is 14.4. The summed E-state index contributed by atoms with van der Waals surface area (Å²) in [7, 11) is 1.53. The van der Waals surface area contributed by atoms with Crippen molar-refractivity contribution in [2.45, 2.75) is 0 Å². The van der Waals surface area contributed by atoms with Crippen molar-refractivity contribution in [2.75, 3.05) is 13.7 Å². The molecule has 0 aliphatic rings. The molecule has 0 spiro atoms. The highest BCUT2D eigenvalue weighted by Crippen LogP contribution is 2.18. The van der Waals surface area contributed by atoms with Gasteiger partial charge in [-0.05, 0) is 36.5 Å². The predicted molar refractivity (Wildman–Crippen MR) is 113 cm³/mol. The van der Waals surface area contributed by atoms with Gasteiger partial charge in [0.25, 0.3) is 11.6 Å². The summed E-state index contributed by atoms with van der Waals surface area (Å²) in [5, 5.41) is 12.8. The van der Waals surface area contributed by atoms with Gasteiger partial charge in [-0.15, -0.1) is 0 Å². The number of nitro benzene ring substituents is 1. The molecule has 0 saturated heterocycles. The maximum absolute atomic E-state index is 11.9. The highest BCUT2D eigenvalue weighted by molar-refractivity contribution is 7.80. The van der Waals surface area contributed by atoms with Crippen LogP contribution in [-0.4, -0.2) is 35.6 Å². The number of nitrogens with zero attached hydrogens (tertiary/aromatic N) is 1. The molecule has 0 radical (unpaired) electrons. The van der Waals surface area contributed by atoms with Crippen molar-refractivity contribution in [1.29, 1.82) is 0 Å². The zero-order valence-electron chi connectivity index (χ0n) is 15.8. The Morgan fingerprint density at radius 3 is 2.50 bits per heavy atom. The Hall–Kier alpha value is -3.99. The van der Waals surface area contributed by atoms with Crippen LogP contribution in [0.1, 0.15) is 5.56 Å². The van der Waals surface area contributed by atoms with Crippen LogP contribution in [0.15, 0.2) is 54.6 Å². The van der Waals surface area contributed by atoms with Gasteiger partial charge in [0, 0.05) is 23.8 Å². The molecular formula is C19H18N4O6S. The maximum Gasteiger partial charge on any atom is 0.276 e. The Kier molecular flexibility index (Phi) is 8.27. The minimum atomic E-state index is -0.575. The third-order valence-corrected chi connectivity index (χ3v) is 3.73. The highest BCUT2D eigenvalue weighted by atomic mass is 32.1. The number of benzene rings is 2. The number of thiocarbonyl (C=S) groups is 1. The van der Waals surface area contributed by atoms with Crippen LogP contribution in [0, 0.1) is 10.1 Å². The average Bonchev–Trinajstić information content (AvgIpc) is 2.75. The molecule has 11 heteroatoms. The summed E-state index contributed by atoms with van der Waals surface area (Å²) in [6, 6.07) is 12.4. The number of carbonyl (C=O) groups is 2. The van der Waals surface area contributed by atoms with Gasteiger partial charge >= 0.3 is 0 Å². The van der Waals surface area contributed by atoms with E-state index in [4.69, 9.17) is 21.7 Å². The first kappa shape index (κ1) is 22.3. The van der Waals surface area contributed by atoms with Gasteiger partial charge in [0.2, 0.25) is 5.91 Å². The fraction of sp³-hybridized carbons (Fsp3) is 0.105. The van der Waals surface area contributed by atoms with Crippen LogP contribution in [0.2, 0.25) is 0 Å². The molecule has 3 N–H and O–H groups in total. The van der Waals surface area contributed by atoms with Gasteiger partial charge in [0.05, 0.1) is 12.0 Å². The molecule has 0 atom stereocenters. The van der Waals surface area contributed by atoms with E-state index in [9.17, 15) is 19.7 Å². The van der Waals surface area contributed by atoms with Gasteiger partial charge in [0.1, 0.15) is 11.5 Å². The predicted octanol–water partition coefficient (Wildman–Crippen LogP) is 1.72. The molecule has 0 saturated carbocycles. The van der Waals surface area contributed by atoms with Crippen molar-refractivity contribution < 1.29 is 24.0 Å². The number of ether oxygens (including phenoxy) is 2. The van der Waals surface area contributed by atoms with Gasteiger partial charge < -0.3 is 9.47 Å². The third kappa shape index (κ3) is 7.20. The zero-order chi connectivity index (χ0) is 21.9. The third-order valence-electron chi connectivity index (χ3n) is 3.52. The van der Waals surface area contributed by atoms with Gasteiger partial charge in [-0.1, -0.05) is 18.2 Å². The van der Waals surface area contributed by atoms with Crippen LogP contribution in [0.4, 0.5) is 5.69 Å². The van der Waals surface area contributed by atoms with Crippen LogP contribution >= 0.6 is 12.2 Å². The molecule has 156 valence electrons. The number of para-hydroxylation sites is 1. The number of non-ortho nitro benzene ring substituents is 1. The summed E-state index contributed by atoms with van der Waals surface area (Å²) in [6.07, 6.45) is 2.83. The van der Waals surface area contributed by atoms with E-state index in [1.807, 2.05) is 6.07 Å². The number of amides is 2. The molecule has 0 heterocycles. The Bertz CT molecular complexity index is 962. The first-order valence-corrected chi connectivity index (χ1v) is 8.88. The molecule has 0 aliphatic heterocycles. The molecule has 2 aromatic rings. The molecule has 2 amide bonds. The lowest BCUT2D eigenvalue weighted by molar-refractivity contribution is -0.384. The zero-order valence-corrected chi connectivity index (χ0v) is 16.6. The number of hydrazine groups is 1. The van der Waals surface area contributed by atoms with Crippen LogP contribution < -0.4 is 25.6 Å². The minimum absolute atomic E-state index is 0.0886. The van der Waals surface area contributed by atoms with Crippen molar-refractivity contribution in [2.24, 2.45) is 0 Å². The number of hydrogen-bond donors (Lipinski definition) is 3. The lowest BCUT2D eigenvalue weighted by atomic mass is 10.2. The molecule has 0 aromatic heterocycles. The Morgan fingerprint density at radius 2 is 1.83 bits per heavy atom. The smallest absolute Gasteiger partial charge is 0.276 e. The minimum Gasteiger partial charge on any atom is -0.496 e. The molecule has 0 unspecified atom stereocenters. The van der Waals surface area contributed by atoms with Gasteiger partial charge in [0.15, 0.2) is 11.7 Å². The summed E-state index contributed by atoms with van der Waals surface area (Å²) < 4.78 is 10.4.